The first-order valence-electron chi connectivity index (χ1n) is 14.0. The summed E-state index contributed by atoms with van der Waals surface area (Å²) >= 11 is 0. The molecule has 1 atom stereocenters. The summed E-state index contributed by atoms with van der Waals surface area (Å²) in [5, 5.41) is 0. The smallest absolute Gasteiger partial charge is 0.387 e. The van der Waals surface area contributed by atoms with Crippen LogP contribution in [0.3, 0.4) is 0 Å². The molecule has 5 nitrogen and oxygen atoms in total. The van der Waals surface area contributed by atoms with Gasteiger partial charge in [0.1, 0.15) is 11.6 Å². The van der Waals surface area contributed by atoms with Gasteiger partial charge in [0.25, 0.3) is 5.91 Å². The van der Waals surface area contributed by atoms with Crippen molar-refractivity contribution in [3.05, 3.63) is 64.7 Å². The van der Waals surface area contributed by atoms with Crippen molar-refractivity contribution in [2.24, 2.45) is 5.92 Å². The van der Waals surface area contributed by atoms with E-state index >= 15 is 0 Å². The number of rotatable bonds is 11. The average molecular weight is 563 g/mol. The van der Waals surface area contributed by atoms with Crippen LogP contribution in [0.2, 0.25) is 0 Å². The first-order valence-corrected chi connectivity index (χ1v) is 14.0. The topological polar surface area (TPSA) is 42.0 Å². The zero-order valence-corrected chi connectivity index (χ0v) is 23.2. The number of ether oxygens (including phenoxy) is 2. The van der Waals surface area contributed by atoms with Crippen LogP contribution in [-0.2, 0) is 0 Å². The third-order valence-electron chi connectivity index (χ3n) is 7.87. The molecule has 0 spiro atoms. The van der Waals surface area contributed by atoms with Crippen LogP contribution in [0.1, 0.15) is 67.8 Å². The number of likely N-dealkylation sites (tertiary alicyclic amines) is 1. The highest BCUT2D eigenvalue weighted by Crippen LogP contribution is 2.31. The first kappa shape index (κ1) is 29.9. The molecule has 40 heavy (non-hydrogen) atoms. The number of nitrogens with zero attached hydrogens (tertiary/aromatic N) is 2. The van der Waals surface area contributed by atoms with Crippen LogP contribution in [0.5, 0.6) is 11.5 Å². The predicted octanol–water partition coefficient (Wildman–Crippen LogP) is 7.17. The second-order valence-corrected chi connectivity index (χ2v) is 10.9. The van der Waals surface area contributed by atoms with Gasteiger partial charge in [-0.2, -0.15) is 8.78 Å². The summed E-state index contributed by atoms with van der Waals surface area (Å²) in [6.07, 6.45) is 9.96. The maximum absolute atomic E-state index is 14.3. The highest BCUT2D eigenvalue weighted by Gasteiger charge is 2.31. The van der Waals surface area contributed by atoms with Gasteiger partial charge in [0, 0.05) is 42.9 Å². The van der Waals surface area contributed by atoms with Gasteiger partial charge in [-0.05, 0) is 75.4 Å². The normalized spacial score (nSPS) is 18.8. The zero-order chi connectivity index (χ0) is 28.6. The SMILES string of the molecule is COc1cc(C(=O)N(CC(C)=Cc2ccc(F)cc2F)CC2CCCN2CC2CCCCC2)ccc1OC(F)F. The molecule has 0 radical (unpaired) electrons. The molecule has 1 aliphatic carbocycles. The zero-order valence-electron chi connectivity index (χ0n) is 23.2. The summed E-state index contributed by atoms with van der Waals surface area (Å²) in [4.78, 5) is 18.1. The van der Waals surface area contributed by atoms with E-state index in [0.29, 0.717) is 12.5 Å². The summed E-state index contributed by atoms with van der Waals surface area (Å²) in [5.74, 6) is -1.07. The van der Waals surface area contributed by atoms with Gasteiger partial charge in [-0.15, -0.1) is 0 Å². The molecular weight excluding hydrogens is 524 g/mol. The van der Waals surface area contributed by atoms with Gasteiger partial charge in [0.15, 0.2) is 11.5 Å². The third-order valence-corrected chi connectivity index (χ3v) is 7.87. The van der Waals surface area contributed by atoms with E-state index in [1.54, 1.807) is 17.9 Å². The Morgan fingerprint density at radius 1 is 1.05 bits per heavy atom. The van der Waals surface area contributed by atoms with Gasteiger partial charge in [-0.3, -0.25) is 9.69 Å². The Bertz CT molecular complexity index is 1180. The number of hydrogen-bond acceptors (Lipinski definition) is 4. The Labute approximate surface area is 233 Å². The van der Waals surface area contributed by atoms with Crippen molar-refractivity contribution in [1.29, 1.82) is 0 Å². The lowest BCUT2D eigenvalue weighted by molar-refractivity contribution is -0.0512. The fourth-order valence-electron chi connectivity index (χ4n) is 5.92. The molecule has 1 unspecified atom stereocenters. The minimum Gasteiger partial charge on any atom is -0.493 e. The van der Waals surface area contributed by atoms with Crippen molar-refractivity contribution in [3.63, 3.8) is 0 Å². The van der Waals surface area contributed by atoms with Crippen molar-refractivity contribution in [2.45, 2.75) is 64.5 Å². The van der Waals surface area contributed by atoms with E-state index in [0.717, 1.165) is 37.6 Å². The molecule has 218 valence electrons. The molecule has 9 heteroatoms. The number of benzene rings is 2. The molecule has 2 aromatic rings. The van der Waals surface area contributed by atoms with E-state index in [1.165, 1.54) is 69.5 Å². The summed E-state index contributed by atoms with van der Waals surface area (Å²) in [6.45, 7) is 1.49. The lowest BCUT2D eigenvalue weighted by Gasteiger charge is -2.34. The average Bonchev–Trinajstić information content (AvgIpc) is 3.36. The second kappa shape index (κ2) is 14.0. The molecule has 2 aliphatic rings. The quantitative estimate of drug-likeness (QED) is 0.273. The fourth-order valence-corrected chi connectivity index (χ4v) is 5.92. The lowest BCUT2D eigenvalue weighted by atomic mass is 9.89. The fraction of sp³-hybridized carbons (Fsp3) is 0.516. The Hall–Kier alpha value is -3.07. The molecule has 1 saturated heterocycles. The molecule has 1 amide bonds. The summed E-state index contributed by atoms with van der Waals surface area (Å²) < 4.78 is 63.1. The Balaban J connectivity index is 1.57. The van der Waals surface area contributed by atoms with Crippen LogP contribution >= 0.6 is 0 Å². The minimum absolute atomic E-state index is 0.0338. The molecule has 0 aromatic heterocycles. The number of alkyl halides is 2. The number of carbonyl (C=O) groups excluding carboxylic acids is 1. The number of hydrogen-bond donors (Lipinski definition) is 0. The highest BCUT2D eigenvalue weighted by atomic mass is 19.3. The van der Waals surface area contributed by atoms with E-state index in [9.17, 15) is 22.4 Å². The molecule has 0 N–H and O–H groups in total. The van der Waals surface area contributed by atoms with E-state index in [1.807, 2.05) is 0 Å². The molecule has 2 aromatic carbocycles. The van der Waals surface area contributed by atoms with Crippen molar-refractivity contribution in [3.8, 4) is 11.5 Å². The molecule has 1 saturated carbocycles. The monoisotopic (exact) mass is 562 g/mol. The number of amides is 1. The maximum Gasteiger partial charge on any atom is 0.387 e. The molecule has 1 heterocycles. The standard InChI is InChI=1S/C31H38F4N2O3/c1-21(15-23-10-12-25(32)17-27(23)33)18-37(20-26-9-6-14-36(26)19-22-7-4-3-5-8-22)30(38)24-11-13-28(40-31(34)35)29(16-24)39-2/h10-13,15-17,22,26,31H,3-9,14,18-20H2,1-2H3. The summed E-state index contributed by atoms with van der Waals surface area (Å²) in [6, 6.07) is 7.74. The van der Waals surface area contributed by atoms with E-state index in [4.69, 9.17) is 4.74 Å². The molecular formula is C31H38F4N2O3. The van der Waals surface area contributed by atoms with Gasteiger partial charge in [-0.1, -0.05) is 30.9 Å². The van der Waals surface area contributed by atoms with Crippen LogP contribution in [0.25, 0.3) is 6.08 Å². The number of methoxy groups -OCH3 is 1. The van der Waals surface area contributed by atoms with Gasteiger partial charge in [0.2, 0.25) is 0 Å². The molecule has 2 fully saturated rings. The van der Waals surface area contributed by atoms with Crippen LogP contribution in [-0.4, -0.2) is 61.6 Å². The van der Waals surface area contributed by atoms with E-state index in [2.05, 4.69) is 9.64 Å². The first-order chi connectivity index (χ1) is 19.2. The number of carbonyl (C=O) groups is 1. The van der Waals surface area contributed by atoms with Crippen LogP contribution in [0, 0.1) is 17.6 Å². The van der Waals surface area contributed by atoms with Crippen LogP contribution in [0.15, 0.2) is 42.0 Å². The molecule has 4 rings (SSSR count). The van der Waals surface area contributed by atoms with Gasteiger partial charge >= 0.3 is 6.61 Å². The van der Waals surface area contributed by atoms with Crippen molar-refractivity contribution >= 4 is 12.0 Å². The summed E-state index contributed by atoms with van der Waals surface area (Å²) in [5.41, 5.74) is 1.23. The number of halogens is 4. The molecule has 0 bridgehead atoms. The van der Waals surface area contributed by atoms with Crippen LogP contribution < -0.4 is 9.47 Å². The van der Waals surface area contributed by atoms with Crippen molar-refractivity contribution in [2.75, 3.05) is 33.3 Å². The van der Waals surface area contributed by atoms with Crippen molar-refractivity contribution in [1.82, 2.24) is 9.80 Å². The van der Waals surface area contributed by atoms with E-state index < -0.39 is 18.2 Å². The molecule has 1 aliphatic heterocycles. The van der Waals surface area contributed by atoms with Gasteiger partial charge < -0.3 is 14.4 Å². The highest BCUT2D eigenvalue weighted by molar-refractivity contribution is 5.95. The van der Waals surface area contributed by atoms with Gasteiger partial charge in [0.05, 0.1) is 7.11 Å². The largest absolute Gasteiger partial charge is 0.493 e. The van der Waals surface area contributed by atoms with E-state index in [-0.39, 0.29) is 41.1 Å². The minimum atomic E-state index is -3.02. The van der Waals surface area contributed by atoms with Crippen molar-refractivity contribution < 1.29 is 31.8 Å². The van der Waals surface area contributed by atoms with Gasteiger partial charge in [-0.25, -0.2) is 8.78 Å². The maximum atomic E-state index is 14.3. The Morgan fingerprint density at radius 2 is 1.82 bits per heavy atom. The Kier molecular flexibility index (Phi) is 10.5. The third kappa shape index (κ3) is 7.99. The Morgan fingerprint density at radius 3 is 2.52 bits per heavy atom. The lowest BCUT2D eigenvalue weighted by Crippen LogP contribution is -2.45. The van der Waals surface area contributed by atoms with Crippen LogP contribution in [0.4, 0.5) is 17.6 Å². The predicted molar refractivity (Wildman–Crippen MR) is 147 cm³/mol. The summed E-state index contributed by atoms with van der Waals surface area (Å²) in [7, 11) is 1.32. The second-order valence-electron chi connectivity index (χ2n) is 10.9.